The first-order chi connectivity index (χ1) is 13.5. The number of hydrogen-bond acceptors (Lipinski definition) is 5. The molecule has 0 fully saturated rings. The van der Waals surface area contributed by atoms with Crippen LogP contribution in [0, 0.1) is 6.92 Å². The molecule has 1 amide bonds. The van der Waals surface area contributed by atoms with Crippen molar-refractivity contribution in [3.63, 3.8) is 0 Å². The van der Waals surface area contributed by atoms with Crippen molar-refractivity contribution in [1.29, 1.82) is 0 Å². The van der Waals surface area contributed by atoms with E-state index < -0.39 is 0 Å². The van der Waals surface area contributed by atoms with Gasteiger partial charge in [-0.2, -0.15) is 0 Å². The van der Waals surface area contributed by atoms with Crippen LogP contribution in [0.25, 0.3) is 10.2 Å². The maximum Gasteiger partial charge on any atom is 0.257 e. The summed E-state index contributed by atoms with van der Waals surface area (Å²) in [6.07, 6.45) is 2.08. The normalized spacial score (nSPS) is 10.7. The highest BCUT2D eigenvalue weighted by atomic mass is 35.5. The molecule has 0 aliphatic carbocycles. The molecular weight excluding hydrogens is 414 g/mol. The van der Waals surface area contributed by atoms with E-state index in [1.165, 1.54) is 11.3 Å². The molecule has 28 heavy (non-hydrogen) atoms. The summed E-state index contributed by atoms with van der Waals surface area (Å²) in [4.78, 5) is 16.8. The molecule has 0 aliphatic rings. The maximum atomic E-state index is 12.4. The molecule has 0 bridgehead atoms. The van der Waals surface area contributed by atoms with Gasteiger partial charge in [0.1, 0.15) is 5.75 Å². The second-order valence-corrected chi connectivity index (χ2v) is 8.07. The van der Waals surface area contributed by atoms with E-state index in [2.05, 4.69) is 22.5 Å². The van der Waals surface area contributed by atoms with Gasteiger partial charge in [0, 0.05) is 10.6 Å². The van der Waals surface area contributed by atoms with Crippen LogP contribution in [0.1, 0.15) is 35.7 Å². The fourth-order valence-electron chi connectivity index (χ4n) is 2.44. The van der Waals surface area contributed by atoms with E-state index in [4.69, 9.17) is 28.6 Å². The van der Waals surface area contributed by atoms with Gasteiger partial charge in [-0.25, -0.2) is 4.98 Å². The van der Waals surface area contributed by atoms with Gasteiger partial charge in [-0.1, -0.05) is 36.3 Å². The topological polar surface area (TPSA) is 63.2 Å². The Kier molecular flexibility index (Phi) is 6.83. The Morgan fingerprint density at radius 3 is 2.75 bits per heavy atom. The van der Waals surface area contributed by atoms with Crippen LogP contribution in [-0.2, 0) is 0 Å². The Morgan fingerprint density at radius 2 is 2.04 bits per heavy atom. The number of aryl methyl sites for hydroxylation is 1. The summed E-state index contributed by atoms with van der Waals surface area (Å²) >= 11 is 12.8. The molecule has 1 heterocycles. The van der Waals surface area contributed by atoms with Gasteiger partial charge in [0.2, 0.25) is 0 Å². The minimum absolute atomic E-state index is 0.190. The predicted molar refractivity (Wildman–Crippen MR) is 120 cm³/mol. The number of nitrogens with one attached hydrogen (secondary N) is 2. The van der Waals surface area contributed by atoms with Crippen LogP contribution in [0.4, 0.5) is 5.13 Å². The average molecular weight is 434 g/mol. The number of benzene rings is 2. The molecule has 0 saturated carbocycles. The zero-order chi connectivity index (χ0) is 20.1. The number of thiocarbonyl (C=S) groups is 1. The Hall–Kier alpha value is -2.22. The van der Waals surface area contributed by atoms with Gasteiger partial charge in [0.15, 0.2) is 10.2 Å². The third kappa shape index (κ3) is 5.19. The molecule has 3 aromatic rings. The lowest BCUT2D eigenvalue weighted by atomic mass is 10.2. The van der Waals surface area contributed by atoms with Gasteiger partial charge in [-0.05, 0) is 67.5 Å². The summed E-state index contributed by atoms with van der Waals surface area (Å²) in [5, 5.41) is 7.08. The van der Waals surface area contributed by atoms with Gasteiger partial charge in [-0.3, -0.25) is 10.1 Å². The number of rotatable bonds is 6. The minimum Gasteiger partial charge on any atom is -0.494 e. The van der Waals surface area contributed by atoms with Crippen LogP contribution in [0.5, 0.6) is 5.75 Å². The summed E-state index contributed by atoms with van der Waals surface area (Å²) in [7, 11) is 0. The van der Waals surface area contributed by atoms with E-state index in [-0.39, 0.29) is 11.0 Å². The van der Waals surface area contributed by atoms with Crippen molar-refractivity contribution in [3.05, 3.63) is 52.5 Å². The number of unbranched alkanes of at least 4 members (excludes halogenated alkanes) is 1. The molecule has 8 heteroatoms. The van der Waals surface area contributed by atoms with Crippen LogP contribution in [0.3, 0.4) is 0 Å². The lowest BCUT2D eigenvalue weighted by molar-refractivity contribution is 0.0977. The SMILES string of the molecule is CCCCOc1ccc(C(=O)NC(=S)Nc2nc3cc(Cl)c(C)cc3s2)cc1. The molecule has 5 nitrogen and oxygen atoms in total. The Morgan fingerprint density at radius 1 is 1.29 bits per heavy atom. The molecule has 0 radical (unpaired) electrons. The molecular formula is C20H20ClN3O2S2. The lowest BCUT2D eigenvalue weighted by Crippen LogP contribution is -2.34. The smallest absolute Gasteiger partial charge is 0.257 e. The van der Waals surface area contributed by atoms with Crippen molar-refractivity contribution in [2.24, 2.45) is 0 Å². The summed E-state index contributed by atoms with van der Waals surface area (Å²) in [6, 6.07) is 10.8. The summed E-state index contributed by atoms with van der Waals surface area (Å²) < 4.78 is 6.60. The van der Waals surface area contributed by atoms with Crippen LogP contribution >= 0.6 is 35.2 Å². The highest BCUT2D eigenvalue weighted by Gasteiger charge is 2.11. The number of anilines is 1. The van der Waals surface area contributed by atoms with Gasteiger partial charge in [0.25, 0.3) is 5.91 Å². The third-order valence-electron chi connectivity index (χ3n) is 4.00. The second-order valence-electron chi connectivity index (χ2n) is 6.22. The van der Waals surface area contributed by atoms with E-state index in [0.29, 0.717) is 22.3 Å². The standard InChI is InChI=1S/C20H20ClN3O2S2/c1-3-4-9-26-14-7-5-13(6-8-14)18(25)23-19(27)24-20-22-16-11-15(21)12(2)10-17(16)28-20/h5-8,10-11H,3-4,9H2,1-2H3,(H2,22,23,24,25,27). The monoisotopic (exact) mass is 433 g/mol. The molecule has 0 saturated heterocycles. The third-order valence-corrected chi connectivity index (χ3v) is 5.54. The van der Waals surface area contributed by atoms with Crippen molar-refractivity contribution in [3.8, 4) is 5.75 Å². The predicted octanol–water partition coefficient (Wildman–Crippen LogP) is 5.56. The summed E-state index contributed by atoms with van der Waals surface area (Å²) in [5.41, 5.74) is 2.27. The van der Waals surface area contributed by atoms with Gasteiger partial charge >= 0.3 is 0 Å². The molecule has 1 aromatic heterocycles. The number of nitrogens with zero attached hydrogens (tertiary/aromatic N) is 1. The summed E-state index contributed by atoms with van der Waals surface area (Å²) in [6.45, 7) is 4.72. The number of amides is 1. The Balaban J connectivity index is 1.59. The van der Waals surface area contributed by atoms with Crippen molar-refractivity contribution < 1.29 is 9.53 Å². The van der Waals surface area contributed by atoms with E-state index >= 15 is 0 Å². The van der Waals surface area contributed by atoms with Crippen molar-refractivity contribution in [2.45, 2.75) is 26.7 Å². The van der Waals surface area contributed by atoms with Gasteiger partial charge < -0.3 is 10.1 Å². The number of ether oxygens (including phenoxy) is 1. The van der Waals surface area contributed by atoms with E-state index in [9.17, 15) is 4.79 Å². The molecule has 2 N–H and O–H groups in total. The molecule has 0 unspecified atom stereocenters. The molecule has 3 rings (SSSR count). The van der Waals surface area contributed by atoms with E-state index in [1.54, 1.807) is 24.3 Å². The van der Waals surface area contributed by atoms with Gasteiger partial charge in [0.05, 0.1) is 16.8 Å². The fraction of sp³-hybridized carbons (Fsp3) is 0.250. The number of aromatic nitrogens is 1. The zero-order valence-corrected chi connectivity index (χ0v) is 17.9. The Labute approximate surface area is 178 Å². The second kappa shape index (κ2) is 9.32. The molecule has 0 atom stereocenters. The number of thiazole rings is 1. The largest absolute Gasteiger partial charge is 0.494 e. The molecule has 146 valence electrons. The van der Waals surface area contributed by atoms with Crippen LogP contribution < -0.4 is 15.4 Å². The van der Waals surface area contributed by atoms with Crippen molar-refractivity contribution in [2.75, 3.05) is 11.9 Å². The molecule has 0 aliphatic heterocycles. The average Bonchev–Trinajstić information content (AvgIpc) is 3.03. The van der Waals surface area contributed by atoms with Crippen LogP contribution in [-0.4, -0.2) is 22.6 Å². The highest BCUT2D eigenvalue weighted by molar-refractivity contribution is 7.80. The first-order valence-corrected chi connectivity index (χ1v) is 10.5. The van der Waals surface area contributed by atoms with Crippen molar-refractivity contribution >= 4 is 61.5 Å². The number of hydrogen-bond donors (Lipinski definition) is 2. The molecule has 0 spiro atoms. The molecule has 2 aromatic carbocycles. The summed E-state index contributed by atoms with van der Waals surface area (Å²) in [5.74, 6) is 0.451. The maximum absolute atomic E-state index is 12.4. The lowest BCUT2D eigenvalue weighted by Gasteiger charge is -2.08. The van der Waals surface area contributed by atoms with Crippen LogP contribution in [0.2, 0.25) is 5.02 Å². The minimum atomic E-state index is -0.294. The van der Waals surface area contributed by atoms with Gasteiger partial charge in [-0.15, -0.1) is 0 Å². The van der Waals surface area contributed by atoms with Crippen molar-refractivity contribution in [1.82, 2.24) is 10.3 Å². The number of carbonyl (C=O) groups is 1. The quantitative estimate of drug-likeness (QED) is 0.393. The van der Waals surface area contributed by atoms with E-state index in [0.717, 1.165) is 34.4 Å². The fourth-order valence-corrected chi connectivity index (χ4v) is 3.81. The number of fused-ring (bicyclic) bond motifs is 1. The van der Waals surface area contributed by atoms with E-state index in [1.807, 2.05) is 19.1 Å². The number of carbonyl (C=O) groups excluding carboxylic acids is 1. The van der Waals surface area contributed by atoms with Crippen LogP contribution in [0.15, 0.2) is 36.4 Å². The Bertz CT molecular complexity index is 964. The number of halogens is 1. The zero-order valence-electron chi connectivity index (χ0n) is 15.5. The first kappa shape index (κ1) is 20.5. The highest BCUT2D eigenvalue weighted by Crippen LogP contribution is 2.30. The first-order valence-electron chi connectivity index (χ1n) is 8.88.